The molecule has 0 aromatic heterocycles. The zero-order chi connectivity index (χ0) is 13.1. The molecule has 19 heavy (non-hydrogen) atoms. The summed E-state index contributed by atoms with van der Waals surface area (Å²) in [5.41, 5.74) is 0. The van der Waals surface area contributed by atoms with Gasteiger partial charge in [0.2, 0.25) is 0 Å². The first-order chi connectivity index (χ1) is 8.09. The zero-order valence-corrected chi connectivity index (χ0v) is 17.8. The van der Waals surface area contributed by atoms with Gasteiger partial charge in [-0.2, -0.15) is 0 Å². The number of hydrogen-bond donors (Lipinski definition) is 2. The van der Waals surface area contributed by atoms with Crippen LogP contribution >= 0.6 is 0 Å². The molecule has 0 unspecified atom stereocenters. The summed E-state index contributed by atoms with van der Waals surface area (Å²) in [4.78, 5) is 21.2. The molecule has 0 amide bonds. The number of hydrogen-bond acceptors (Lipinski definition) is 2. The molecule has 0 aliphatic heterocycles. The number of carbonyl (C=O) groups is 2. The van der Waals surface area contributed by atoms with Crippen LogP contribution in [0.1, 0.15) is 67.6 Å². The van der Waals surface area contributed by atoms with Gasteiger partial charge in [-0.15, -0.1) is 0 Å². The van der Waals surface area contributed by atoms with Crippen LogP contribution in [0, 0.1) is 5.92 Å². The number of rotatable bonds is 11. The summed E-state index contributed by atoms with van der Waals surface area (Å²) in [6, 6.07) is 0. The minimum Gasteiger partial charge on any atom is -1.00 e. The van der Waals surface area contributed by atoms with E-state index in [4.69, 9.17) is 10.2 Å². The maximum atomic E-state index is 10.6. The van der Waals surface area contributed by atoms with E-state index in [1.807, 2.05) is 0 Å². The second kappa shape index (κ2) is 17.6. The van der Waals surface area contributed by atoms with Crippen molar-refractivity contribution in [2.45, 2.75) is 64.7 Å². The Morgan fingerprint density at radius 3 is 1.63 bits per heavy atom. The Bertz CT molecular complexity index is 232. The van der Waals surface area contributed by atoms with Gasteiger partial charge in [0, 0.05) is 0 Å². The van der Waals surface area contributed by atoms with Gasteiger partial charge in [-0.1, -0.05) is 58.3 Å². The topological polar surface area (TPSA) is 74.6 Å². The van der Waals surface area contributed by atoms with Gasteiger partial charge in [0.1, 0.15) is 0 Å². The van der Waals surface area contributed by atoms with E-state index in [1.54, 1.807) is 0 Å². The Kier molecular flexibility index (Phi) is 23.7. The van der Waals surface area contributed by atoms with Gasteiger partial charge in [0.15, 0.2) is 5.92 Å². The molecule has 0 fully saturated rings. The van der Waals surface area contributed by atoms with Crippen LogP contribution < -0.4 is 80.9 Å². The first kappa shape index (κ1) is 25.5. The number of carboxylic acid groups (broad SMARTS) is 2. The van der Waals surface area contributed by atoms with Crippen LogP contribution in [0.25, 0.3) is 0 Å². The van der Waals surface area contributed by atoms with Crippen molar-refractivity contribution in [2.24, 2.45) is 5.92 Å². The quantitative estimate of drug-likeness (QED) is 0.252. The fourth-order valence-electron chi connectivity index (χ4n) is 1.83. The van der Waals surface area contributed by atoms with Crippen LogP contribution in [-0.2, 0) is 9.59 Å². The summed E-state index contributed by atoms with van der Waals surface area (Å²) < 4.78 is 0. The standard InChI is InChI=1S/C13H24O4.K.Na.2H/c1-2-3-4-5-6-7-8-9-10-11(12(14)15)13(16)17;;;;/h11H,2-10H2,1H3,(H,14,15)(H,16,17);;;;/q;2*+1;2*-1. The van der Waals surface area contributed by atoms with E-state index in [1.165, 1.54) is 32.1 Å². The number of carboxylic acids is 2. The third kappa shape index (κ3) is 15.8. The monoisotopic (exact) mass is 308 g/mol. The molecule has 6 heteroatoms. The van der Waals surface area contributed by atoms with Gasteiger partial charge in [0.25, 0.3) is 0 Å². The van der Waals surface area contributed by atoms with Gasteiger partial charge in [0.05, 0.1) is 0 Å². The molecule has 0 rings (SSSR count). The van der Waals surface area contributed by atoms with Gasteiger partial charge in [-0.3, -0.25) is 9.59 Å². The molecule has 0 bridgehead atoms. The predicted octanol–water partition coefficient (Wildman–Crippen LogP) is -2.46. The van der Waals surface area contributed by atoms with Crippen molar-refractivity contribution in [1.29, 1.82) is 0 Å². The van der Waals surface area contributed by atoms with Crippen molar-refractivity contribution in [3.05, 3.63) is 0 Å². The van der Waals surface area contributed by atoms with E-state index >= 15 is 0 Å². The van der Waals surface area contributed by atoms with Gasteiger partial charge in [-0.05, 0) is 6.42 Å². The van der Waals surface area contributed by atoms with E-state index in [0.717, 1.165) is 12.8 Å². The summed E-state index contributed by atoms with van der Waals surface area (Å²) in [6.07, 6.45) is 9.14. The molecule has 4 nitrogen and oxygen atoms in total. The van der Waals surface area contributed by atoms with E-state index in [2.05, 4.69) is 6.92 Å². The summed E-state index contributed by atoms with van der Waals surface area (Å²) in [6.45, 7) is 2.18. The zero-order valence-electron chi connectivity index (χ0n) is 14.7. The molecule has 0 saturated carbocycles. The molecule has 0 aliphatic rings. The molecule has 2 N–H and O–H groups in total. The third-order valence-electron chi connectivity index (χ3n) is 2.94. The Morgan fingerprint density at radius 1 is 0.895 bits per heavy atom. The smallest absolute Gasteiger partial charge is 1.00 e. The molecule has 0 saturated heterocycles. The minimum atomic E-state index is -1.23. The fourth-order valence-corrected chi connectivity index (χ4v) is 1.83. The Hall–Kier alpha value is 1.58. The van der Waals surface area contributed by atoms with E-state index in [9.17, 15) is 9.59 Å². The summed E-state index contributed by atoms with van der Waals surface area (Å²) in [7, 11) is 0. The average Bonchev–Trinajstić information content (AvgIpc) is 2.26. The van der Waals surface area contributed by atoms with Crippen LogP contribution in [0.3, 0.4) is 0 Å². The molecule has 0 aromatic rings. The van der Waals surface area contributed by atoms with Gasteiger partial charge < -0.3 is 13.1 Å². The van der Waals surface area contributed by atoms with Crippen molar-refractivity contribution in [3.8, 4) is 0 Å². The predicted molar refractivity (Wildman–Crippen MR) is 68.2 cm³/mol. The number of aliphatic carboxylic acids is 2. The van der Waals surface area contributed by atoms with Crippen LogP contribution in [0.2, 0.25) is 0 Å². The second-order valence-electron chi connectivity index (χ2n) is 4.49. The third-order valence-corrected chi connectivity index (χ3v) is 2.94. The SMILES string of the molecule is CCCCCCCCCCC(C(=O)O)C(=O)O.[H-].[H-].[K+].[Na+]. The van der Waals surface area contributed by atoms with Crippen LogP contribution in [0.5, 0.6) is 0 Å². The van der Waals surface area contributed by atoms with Crippen LogP contribution in [-0.4, -0.2) is 22.2 Å². The van der Waals surface area contributed by atoms with E-state index in [-0.39, 0.29) is 90.2 Å². The molecular weight excluding hydrogens is 282 g/mol. The molecule has 0 aliphatic carbocycles. The van der Waals surface area contributed by atoms with E-state index in [0.29, 0.717) is 6.42 Å². The summed E-state index contributed by atoms with van der Waals surface area (Å²) in [5.74, 6) is -3.67. The van der Waals surface area contributed by atoms with Crippen LogP contribution in [0.4, 0.5) is 0 Å². The number of unbranched alkanes of at least 4 members (excludes halogenated alkanes) is 7. The van der Waals surface area contributed by atoms with Crippen molar-refractivity contribution in [2.75, 3.05) is 0 Å². The molecule has 104 valence electrons. The Labute approximate surface area is 183 Å². The normalized spacial score (nSPS) is 9.58. The minimum absolute atomic E-state index is 0. The summed E-state index contributed by atoms with van der Waals surface area (Å²) in [5, 5.41) is 17.3. The second-order valence-corrected chi connectivity index (χ2v) is 4.49. The molecule has 0 heterocycles. The first-order valence-corrected chi connectivity index (χ1v) is 6.55. The van der Waals surface area contributed by atoms with E-state index < -0.39 is 17.9 Å². The largest absolute Gasteiger partial charge is 1.00 e. The first-order valence-electron chi connectivity index (χ1n) is 6.55. The maximum absolute atomic E-state index is 10.6. The van der Waals surface area contributed by atoms with Crippen molar-refractivity contribution < 1.29 is 104 Å². The summed E-state index contributed by atoms with van der Waals surface area (Å²) >= 11 is 0. The van der Waals surface area contributed by atoms with Crippen molar-refractivity contribution in [3.63, 3.8) is 0 Å². The van der Waals surface area contributed by atoms with Gasteiger partial charge >= 0.3 is 92.9 Å². The fraction of sp³-hybridized carbons (Fsp3) is 0.846. The molecular formula is C13H26KNaO4. The average molecular weight is 308 g/mol. The molecule has 0 spiro atoms. The Balaban J connectivity index is -0.000000213. The van der Waals surface area contributed by atoms with Gasteiger partial charge in [-0.25, -0.2) is 0 Å². The Morgan fingerprint density at radius 2 is 1.26 bits per heavy atom. The van der Waals surface area contributed by atoms with Crippen LogP contribution in [0.15, 0.2) is 0 Å². The maximum Gasteiger partial charge on any atom is 1.00 e. The molecule has 0 aromatic carbocycles. The van der Waals surface area contributed by atoms with Crippen molar-refractivity contribution >= 4 is 11.9 Å². The molecule has 0 atom stereocenters. The van der Waals surface area contributed by atoms with Crippen molar-refractivity contribution in [1.82, 2.24) is 0 Å². The molecule has 0 radical (unpaired) electrons.